The minimum atomic E-state index is 0.0295. The van der Waals surface area contributed by atoms with Crippen LogP contribution in [0.3, 0.4) is 0 Å². The molecule has 0 saturated carbocycles. The minimum absolute atomic E-state index is 0.0295. The molecule has 0 unspecified atom stereocenters. The molecule has 0 aliphatic rings. The first-order valence-electron chi connectivity index (χ1n) is 5.75. The highest BCUT2D eigenvalue weighted by Gasteiger charge is 2.15. The van der Waals surface area contributed by atoms with Crippen LogP contribution in [0.25, 0.3) is 0 Å². The van der Waals surface area contributed by atoms with Crippen molar-refractivity contribution in [1.82, 2.24) is 4.90 Å². The van der Waals surface area contributed by atoms with Crippen LogP contribution in [0.2, 0.25) is 0 Å². The number of carbonyl (C=O) groups excluding carboxylic acids is 1. The van der Waals surface area contributed by atoms with Crippen LogP contribution in [0.15, 0.2) is 18.2 Å². The molecule has 0 aliphatic heterocycles. The fourth-order valence-corrected chi connectivity index (χ4v) is 1.72. The Morgan fingerprint density at radius 1 is 1.38 bits per heavy atom. The molecule has 1 aromatic rings. The van der Waals surface area contributed by atoms with Gasteiger partial charge in [-0.2, -0.15) is 0 Å². The third kappa shape index (κ3) is 2.75. The number of hydrogen-bond acceptors (Lipinski definition) is 2. The van der Waals surface area contributed by atoms with E-state index in [2.05, 4.69) is 6.92 Å². The van der Waals surface area contributed by atoms with Crippen LogP contribution in [0.4, 0.5) is 5.69 Å². The summed E-state index contributed by atoms with van der Waals surface area (Å²) >= 11 is 0. The van der Waals surface area contributed by atoms with Crippen molar-refractivity contribution in [2.75, 3.05) is 18.8 Å². The summed E-state index contributed by atoms with van der Waals surface area (Å²) in [6.07, 6.45) is 0.964. The van der Waals surface area contributed by atoms with Crippen molar-refractivity contribution >= 4 is 11.6 Å². The maximum Gasteiger partial charge on any atom is 0.255 e. The van der Waals surface area contributed by atoms with Gasteiger partial charge >= 0.3 is 0 Å². The van der Waals surface area contributed by atoms with E-state index in [0.717, 1.165) is 25.1 Å². The quantitative estimate of drug-likeness (QED) is 0.792. The predicted octanol–water partition coefficient (Wildman–Crippen LogP) is 2.45. The van der Waals surface area contributed by atoms with Gasteiger partial charge in [0.1, 0.15) is 0 Å². The monoisotopic (exact) mass is 220 g/mol. The van der Waals surface area contributed by atoms with E-state index in [-0.39, 0.29) is 5.91 Å². The molecule has 3 heteroatoms. The molecular weight excluding hydrogens is 200 g/mol. The molecule has 0 bridgehead atoms. The number of aryl methyl sites for hydroxylation is 1. The van der Waals surface area contributed by atoms with Crippen LogP contribution in [0.5, 0.6) is 0 Å². The minimum Gasteiger partial charge on any atom is -0.398 e. The lowest BCUT2D eigenvalue weighted by atomic mass is 10.1. The lowest BCUT2D eigenvalue weighted by Crippen LogP contribution is -2.32. The molecule has 0 aromatic heterocycles. The highest BCUT2D eigenvalue weighted by atomic mass is 16.2. The predicted molar refractivity (Wildman–Crippen MR) is 67.5 cm³/mol. The fraction of sp³-hybridized carbons (Fsp3) is 0.462. The largest absolute Gasteiger partial charge is 0.398 e. The average Bonchev–Trinajstić information content (AvgIpc) is 2.25. The number of benzene rings is 1. The van der Waals surface area contributed by atoms with E-state index in [1.54, 1.807) is 0 Å². The van der Waals surface area contributed by atoms with Crippen molar-refractivity contribution in [2.24, 2.45) is 0 Å². The third-order valence-corrected chi connectivity index (χ3v) is 2.60. The Morgan fingerprint density at radius 3 is 2.56 bits per heavy atom. The molecule has 0 atom stereocenters. The van der Waals surface area contributed by atoms with Crippen LogP contribution in [0.1, 0.15) is 36.2 Å². The van der Waals surface area contributed by atoms with Crippen LogP contribution in [0, 0.1) is 6.92 Å². The molecule has 1 amide bonds. The van der Waals surface area contributed by atoms with Gasteiger partial charge in [0.05, 0.1) is 5.56 Å². The van der Waals surface area contributed by atoms with Crippen molar-refractivity contribution < 1.29 is 4.79 Å². The second kappa shape index (κ2) is 5.54. The van der Waals surface area contributed by atoms with Crippen molar-refractivity contribution in [3.63, 3.8) is 0 Å². The average molecular weight is 220 g/mol. The van der Waals surface area contributed by atoms with Gasteiger partial charge in [0.15, 0.2) is 0 Å². The first-order chi connectivity index (χ1) is 7.60. The molecule has 1 aromatic carbocycles. The zero-order valence-corrected chi connectivity index (χ0v) is 10.3. The number of nitrogens with two attached hydrogens (primary N) is 1. The molecule has 0 saturated heterocycles. The SMILES string of the molecule is CCCN(CC)C(=O)c1ccc(C)cc1N. The number of anilines is 1. The smallest absolute Gasteiger partial charge is 0.255 e. The topological polar surface area (TPSA) is 46.3 Å². The number of hydrogen-bond donors (Lipinski definition) is 1. The summed E-state index contributed by atoms with van der Waals surface area (Å²) in [6, 6.07) is 5.57. The van der Waals surface area contributed by atoms with Crippen molar-refractivity contribution in [3.8, 4) is 0 Å². The molecule has 88 valence electrons. The van der Waals surface area contributed by atoms with Crippen LogP contribution >= 0.6 is 0 Å². The van der Waals surface area contributed by atoms with Gasteiger partial charge in [-0.1, -0.05) is 13.0 Å². The third-order valence-electron chi connectivity index (χ3n) is 2.60. The molecule has 0 radical (unpaired) electrons. The summed E-state index contributed by atoms with van der Waals surface area (Å²) in [5.74, 6) is 0.0295. The lowest BCUT2D eigenvalue weighted by Gasteiger charge is -2.21. The second-order valence-electron chi connectivity index (χ2n) is 3.98. The fourth-order valence-electron chi connectivity index (χ4n) is 1.72. The Hall–Kier alpha value is -1.51. The molecule has 0 fully saturated rings. The summed E-state index contributed by atoms with van der Waals surface area (Å²) in [4.78, 5) is 14.0. The Balaban J connectivity index is 2.94. The molecule has 0 aliphatic carbocycles. The molecule has 0 spiro atoms. The van der Waals surface area contributed by atoms with E-state index in [0.29, 0.717) is 11.3 Å². The summed E-state index contributed by atoms with van der Waals surface area (Å²) in [6.45, 7) is 7.52. The van der Waals surface area contributed by atoms with Crippen LogP contribution in [-0.4, -0.2) is 23.9 Å². The first-order valence-corrected chi connectivity index (χ1v) is 5.75. The van der Waals surface area contributed by atoms with Crippen molar-refractivity contribution in [1.29, 1.82) is 0 Å². The highest BCUT2D eigenvalue weighted by molar-refractivity contribution is 5.99. The zero-order chi connectivity index (χ0) is 12.1. The van der Waals surface area contributed by atoms with E-state index < -0.39 is 0 Å². The summed E-state index contributed by atoms with van der Waals surface area (Å²) < 4.78 is 0. The summed E-state index contributed by atoms with van der Waals surface area (Å²) in [5.41, 5.74) is 8.12. The summed E-state index contributed by atoms with van der Waals surface area (Å²) in [5, 5.41) is 0. The number of rotatable bonds is 4. The molecule has 3 nitrogen and oxygen atoms in total. The second-order valence-corrected chi connectivity index (χ2v) is 3.98. The van der Waals surface area contributed by atoms with Crippen LogP contribution < -0.4 is 5.73 Å². The standard InChI is InChI=1S/C13H20N2O/c1-4-8-15(5-2)13(16)11-7-6-10(3)9-12(11)14/h6-7,9H,4-5,8,14H2,1-3H3. The number of amides is 1. The Labute approximate surface area is 97.2 Å². The van der Waals surface area contributed by atoms with Gasteiger partial charge in [0.25, 0.3) is 5.91 Å². The van der Waals surface area contributed by atoms with E-state index in [4.69, 9.17) is 5.73 Å². The van der Waals surface area contributed by atoms with Gasteiger partial charge in [-0.15, -0.1) is 0 Å². The maximum atomic E-state index is 12.1. The zero-order valence-electron chi connectivity index (χ0n) is 10.3. The van der Waals surface area contributed by atoms with Crippen molar-refractivity contribution in [3.05, 3.63) is 29.3 Å². The van der Waals surface area contributed by atoms with E-state index in [1.165, 1.54) is 0 Å². The highest BCUT2D eigenvalue weighted by Crippen LogP contribution is 2.16. The number of carbonyl (C=O) groups is 1. The van der Waals surface area contributed by atoms with E-state index in [1.807, 2.05) is 36.9 Å². The number of nitrogens with zero attached hydrogens (tertiary/aromatic N) is 1. The van der Waals surface area contributed by atoms with Gasteiger partial charge in [-0.3, -0.25) is 4.79 Å². The summed E-state index contributed by atoms with van der Waals surface area (Å²) in [7, 11) is 0. The molecule has 0 heterocycles. The Bertz CT molecular complexity index is 374. The van der Waals surface area contributed by atoms with Gasteiger partial charge in [-0.05, 0) is 38.0 Å². The van der Waals surface area contributed by atoms with Gasteiger partial charge in [0.2, 0.25) is 0 Å². The van der Waals surface area contributed by atoms with Crippen LogP contribution in [-0.2, 0) is 0 Å². The van der Waals surface area contributed by atoms with Gasteiger partial charge < -0.3 is 10.6 Å². The Morgan fingerprint density at radius 2 is 2.06 bits per heavy atom. The first kappa shape index (κ1) is 12.6. The van der Waals surface area contributed by atoms with E-state index in [9.17, 15) is 4.79 Å². The van der Waals surface area contributed by atoms with Gasteiger partial charge in [-0.25, -0.2) is 0 Å². The maximum absolute atomic E-state index is 12.1. The molecule has 1 rings (SSSR count). The lowest BCUT2D eigenvalue weighted by molar-refractivity contribution is 0.0765. The molecule has 2 N–H and O–H groups in total. The molecular formula is C13H20N2O. The van der Waals surface area contributed by atoms with Crippen molar-refractivity contribution in [2.45, 2.75) is 27.2 Å². The number of nitrogen functional groups attached to an aromatic ring is 1. The Kier molecular flexibility index (Phi) is 4.35. The van der Waals surface area contributed by atoms with E-state index >= 15 is 0 Å². The normalized spacial score (nSPS) is 10.2. The van der Waals surface area contributed by atoms with Gasteiger partial charge in [0, 0.05) is 18.8 Å². The molecule has 16 heavy (non-hydrogen) atoms.